The van der Waals surface area contributed by atoms with Gasteiger partial charge in [-0.05, 0) is 25.1 Å². The number of carbonyl (C=O) groups excluding carboxylic acids is 3. The third kappa shape index (κ3) is 5.80. The maximum atomic E-state index is 14.8. The fourth-order valence-corrected chi connectivity index (χ4v) is 3.05. The molecular formula is C19H27FN4O5. The molecule has 29 heavy (non-hydrogen) atoms. The Morgan fingerprint density at radius 2 is 2.07 bits per heavy atom. The summed E-state index contributed by atoms with van der Waals surface area (Å²) in [5.74, 6) is -0.943. The van der Waals surface area contributed by atoms with Crippen LogP contribution in [0.15, 0.2) is 18.2 Å². The number of nitrogens with one attached hydrogen (secondary N) is 1. The number of likely N-dealkylation sites (N-methyl/N-ethyl adjacent to an activating group) is 1. The molecule has 10 heteroatoms. The highest BCUT2D eigenvalue weighted by Gasteiger charge is 2.32. The fourth-order valence-electron chi connectivity index (χ4n) is 3.05. The van der Waals surface area contributed by atoms with Gasteiger partial charge in [0.05, 0.1) is 38.1 Å². The van der Waals surface area contributed by atoms with E-state index in [1.54, 1.807) is 17.0 Å². The number of rotatable bonds is 9. The van der Waals surface area contributed by atoms with Crippen LogP contribution in [0.25, 0.3) is 0 Å². The highest BCUT2D eigenvalue weighted by molar-refractivity contribution is 5.90. The summed E-state index contributed by atoms with van der Waals surface area (Å²) in [4.78, 5) is 42.7. The summed E-state index contributed by atoms with van der Waals surface area (Å²) in [6, 6.07) is 4.51. The highest BCUT2D eigenvalue weighted by Crippen LogP contribution is 2.28. The van der Waals surface area contributed by atoms with Crippen LogP contribution in [0.4, 0.5) is 20.6 Å². The van der Waals surface area contributed by atoms with Crippen LogP contribution < -0.4 is 15.1 Å². The molecule has 1 aliphatic heterocycles. The van der Waals surface area contributed by atoms with Gasteiger partial charge < -0.3 is 15.0 Å². The zero-order chi connectivity index (χ0) is 21.6. The number of nitrogens with zero attached hydrogens (tertiary/aromatic N) is 3. The van der Waals surface area contributed by atoms with Crippen molar-refractivity contribution in [2.45, 2.75) is 26.9 Å². The molecule has 0 bridgehead atoms. The first-order valence-corrected chi connectivity index (χ1v) is 9.36. The van der Waals surface area contributed by atoms with Gasteiger partial charge in [-0.1, -0.05) is 0 Å². The number of amides is 3. The van der Waals surface area contributed by atoms with Crippen LogP contribution in [0.1, 0.15) is 20.8 Å². The van der Waals surface area contributed by atoms with Gasteiger partial charge in [-0.2, -0.15) is 0 Å². The van der Waals surface area contributed by atoms with E-state index in [4.69, 9.17) is 9.57 Å². The Balaban J connectivity index is 2.07. The lowest BCUT2D eigenvalue weighted by Gasteiger charge is -2.27. The number of halogens is 1. The van der Waals surface area contributed by atoms with Crippen LogP contribution in [-0.4, -0.2) is 68.9 Å². The molecule has 1 aliphatic rings. The van der Waals surface area contributed by atoms with Gasteiger partial charge in [0.15, 0.2) is 0 Å². The summed E-state index contributed by atoms with van der Waals surface area (Å²) in [6.07, 6.45) is -1.08. The van der Waals surface area contributed by atoms with E-state index in [1.165, 1.54) is 37.0 Å². The minimum absolute atomic E-state index is 0.202. The topological polar surface area (TPSA) is 91.4 Å². The molecule has 2 rings (SSSR count). The molecule has 1 fully saturated rings. The van der Waals surface area contributed by atoms with Crippen molar-refractivity contribution in [2.24, 2.45) is 0 Å². The first kappa shape index (κ1) is 22.4. The van der Waals surface area contributed by atoms with Crippen molar-refractivity contribution < 1.29 is 28.3 Å². The van der Waals surface area contributed by atoms with Gasteiger partial charge in [-0.3, -0.25) is 19.3 Å². The average molecular weight is 410 g/mol. The Hall–Kier alpha value is -2.88. The van der Waals surface area contributed by atoms with E-state index in [-0.39, 0.29) is 31.4 Å². The molecule has 1 aromatic rings. The number of cyclic esters (lactones) is 1. The van der Waals surface area contributed by atoms with E-state index in [0.717, 1.165) is 0 Å². The molecule has 0 unspecified atom stereocenters. The number of hydrogen-bond donors (Lipinski definition) is 1. The Morgan fingerprint density at radius 3 is 2.62 bits per heavy atom. The van der Waals surface area contributed by atoms with Crippen molar-refractivity contribution in [3.63, 3.8) is 0 Å². The first-order valence-electron chi connectivity index (χ1n) is 9.36. The molecule has 1 aromatic carbocycles. The Kier molecular flexibility index (Phi) is 7.77. The van der Waals surface area contributed by atoms with E-state index >= 15 is 0 Å². The molecule has 1 N–H and O–H groups in total. The number of hydrogen-bond acceptors (Lipinski definition) is 6. The molecule has 160 valence electrons. The largest absolute Gasteiger partial charge is 0.442 e. The van der Waals surface area contributed by atoms with Crippen molar-refractivity contribution >= 4 is 29.3 Å². The lowest BCUT2D eigenvalue weighted by Crippen LogP contribution is -2.37. The third-order valence-electron chi connectivity index (χ3n) is 4.56. The molecule has 3 amide bonds. The van der Waals surface area contributed by atoms with Crippen molar-refractivity contribution in [1.82, 2.24) is 10.4 Å². The van der Waals surface area contributed by atoms with E-state index < -0.39 is 18.0 Å². The summed E-state index contributed by atoms with van der Waals surface area (Å²) >= 11 is 0. The molecule has 1 saturated heterocycles. The number of hydroxylamine groups is 2. The summed E-state index contributed by atoms with van der Waals surface area (Å²) < 4.78 is 20.0. The number of anilines is 2. The van der Waals surface area contributed by atoms with Gasteiger partial charge >= 0.3 is 6.09 Å². The van der Waals surface area contributed by atoms with Crippen LogP contribution >= 0.6 is 0 Å². The van der Waals surface area contributed by atoms with E-state index in [0.29, 0.717) is 24.5 Å². The molecule has 0 radical (unpaired) electrons. The normalized spacial score (nSPS) is 15.8. The van der Waals surface area contributed by atoms with Crippen LogP contribution in [0.3, 0.4) is 0 Å². The highest BCUT2D eigenvalue weighted by atomic mass is 19.1. The second-order valence-corrected chi connectivity index (χ2v) is 6.57. The summed E-state index contributed by atoms with van der Waals surface area (Å²) in [6.45, 7) is 6.26. The number of carbonyl (C=O) groups is 3. The molecule has 1 heterocycles. The van der Waals surface area contributed by atoms with Crippen LogP contribution in [0.2, 0.25) is 0 Å². The Labute approximate surface area is 169 Å². The zero-order valence-electron chi connectivity index (χ0n) is 17.1. The maximum Gasteiger partial charge on any atom is 0.414 e. The molecule has 0 saturated carbocycles. The fraction of sp³-hybridized carbons (Fsp3) is 0.526. The van der Waals surface area contributed by atoms with Crippen molar-refractivity contribution in [1.29, 1.82) is 0 Å². The van der Waals surface area contributed by atoms with Crippen LogP contribution in [0, 0.1) is 5.82 Å². The van der Waals surface area contributed by atoms with Crippen molar-refractivity contribution in [3.05, 3.63) is 24.0 Å². The third-order valence-corrected chi connectivity index (χ3v) is 4.56. The van der Waals surface area contributed by atoms with Crippen molar-refractivity contribution in [3.8, 4) is 0 Å². The number of ether oxygens (including phenoxy) is 1. The molecule has 9 nitrogen and oxygen atoms in total. The quantitative estimate of drug-likeness (QED) is 0.621. The monoisotopic (exact) mass is 410 g/mol. The van der Waals surface area contributed by atoms with Crippen molar-refractivity contribution in [2.75, 3.05) is 49.6 Å². The summed E-state index contributed by atoms with van der Waals surface area (Å²) in [7, 11) is 1.40. The predicted octanol–water partition coefficient (Wildman–Crippen LogP) is 1.52. The van der Waals surface area contributed by atoms with Gasteiger partial charge in [-0.25, -0.2) is 14.2 Å². The summed E-state index contributed by atoms with van der Waals surface area (Å²) in [5.41, 5.74) is 0.734. The van der Waals surface area contributed by atoms with Crippen LogP contribution in [0.5, 0.6) is 0 Å². The minimum atomic E-state index is -0.586. The van der Waals surface area contributed by atoms with E-state index in [2.05, 4.69) is 5.32 Å². The minimum Gasteiger partial charge on any atom is -0.442 e. The molecular weight excluding hydrogens is 383 g/mol. The van der Waals surface area contributed by atoms with Crippen LogP contribution in [-0.2, 0) is 19.2 Å². The second kappa shape index (κ2) is 10.1. The lowest BCUT2D eigenvalue weighted by atomic mass is 10.2. The van der Waals surface area contributed by atoms with E-state index in [1.807, 2.05) is 6.92 Å². The smallest absolute Gasteiger partial charge is 0.414 e. The molecule has 0 spiro atoms. The molecule has 1 atom stereocenters. The standard InChI is InChI=1S/C19H27FN4O5/c1-5-22(8-9-24(28-4)14(3)26)18-7-6-15(10-17(18)20)23-12-16(29-19(23)27)11-21-13(2)25/h6-7,10,16H,5,8-9,11-12H2,1-4H3,(H,21,25)/t16-/m0/s1. The Bertz CT molecular complexity index is 760. The lowest BCUT2D eigenvalue weighted by molar-refractivity contribution is -0.172. The second-order valence-electron chi connectivity index (χ2n) is 6.57. The number of benzene rings is 1. The van der Waals surface area contributed by atoms with Gasteiger partial charge in [0.2, 0.25) is 11.8 Å². The molecule has 0 aromatic heterocycles. The predicted molar refractivity (Wildman–Crippen MR) is 105 cm³/mol. The van der Waals surface area contributed by atoms with Gasteiger partial charge in [0.25, 0.3) is 0 Å². The van der Waals surface area contributed by atoms with Gasteiger partial charge in [-0.15, -0.1) is 0 Å². The zero-order valence-corrected chi connectivity index (χ0v) is 17.1. The first-order chi connectivity index (χ1) is 13.8. The maximum absolute atomic E-state index is 14.8. The van der Waals surface area contributed by atoms with E-state index in [9.17, 15) is 18.8 Å². The summed E-state index contributed by atoms with van der Waals surface area (Å²) in [5, 5.41) is 3.80. The molecule has 0 aliphatic carbocycles. The average Bonchev–Trinajstić information content (AvgIpc) is 3.04. The van der Waals surface area contributed by atoms with Gasteiger partial charge in [0, 0.05) is 26.9 Å². The Morgan fingerprint density at radius 1 is 1.34 bits per heavy atom. The van der Waals surface area contributed by atoms with Gasteiger partial charge in [0.1, 0.15) is 11.9 Å². The SMILES string of the molecule is CCN(CCN(OC)C(C)=O)c1ccc(N2C[C@H](CNC(C)=O)OC2=O)cc1F.